The van der Waals surface area contributed by atoms with Gasteiger partial charge in [0.1, 0.15) is 12.4 Å². The van der Waals surface area contributed by atoms with Crippen molar-refractivity contribution < 1.29 is 14.3 Å². The van der Waals surface area contributed by atoms with Crippen LogP contribution < -0.4 is 10.5 Å². The van der Waals surface area contributed by atoms with E-state index >= 15 is 0 Å². The molecule has 4 heteroatoms. The predicted molar refractivity (Wildman–Crippen MR) is 82.4 cm³/mol. The summed E-state index contributed by atoms with van der Waals surface area (Å²) in [6.45, 7) is 6.42. The number of ether oxygens (including phenoxy) is 2. The normalized spacial score (nSPS) is 17.4. The molecule has 1 fully saturated rings. The Bertz CT molecular complexity index is 523. The molecule has 0 radical (unpaired) electrons. The van der Waals surface area contributed by atoms with E-state index in [1.54, 1.807) is 0 Å². The van der Waals surface area contributed by atoms with Crippen LogP contribution in [0.1, 0.15) is 43.7 Å². The summed E-state index contributed by atoms with van der Waals surface area (Å²) in [5, 5.41) is 0. The molecule has 0 aliphatic heterocycles. The summed E-state index contributed by atoms with van der Waals surface area (Å²) in [7, 11) is 1.37. The van der Waals surface area contributed by atoms with Gasteiger partial charge in [-0.05, 0) is 48.8 Å². The summed E-state index contributed by atoms with van der Waals surface area (Å²) >= 11 is 0. The number of aryl methyl sites for hydroxylation is 1. The third kappa shape index (κ3) is 3.38. The number of benzene rings is 1. The molecule has 1 aliphatic carbocycles. The fraction of sp³-hybridized carbons (Fsp3) is 0.588. The van der Waals surface area contributed by atoms with Crippen LogP contribution in [0.15, 0.2) is 18.2 Å². The van der Waals surface area contributed by atoms with Crippen molar-refractivity contribution in [3.05, 3.63) is 29.3 Å². The lowest BCUT2D eigenvalue weighted by atomic mass is 9.95. The molecule has 2 N–H and O–H groups in total. The van der Waals surface area contributed by atoms with Crippen LogP contribution in [0.5, 0.6) is 5.75 Å². The molecule has 0 heterocycles. The van der Waals surface area contributed by atoms with Crippen molar-refractivity contribution in [1.29, 1.82) is 0 Å². The van der Waals surface area contributed by atoms with E-state index in [9.17, 15) is 4.79 Å². The Morgan fingerprint density at radius 2 is 2.10 bits per heavy atom. The number of esters is 1. The second-order valence-electron chi connectivity index (χ2n) is 6.29. The lowest BCUT2D eigenvalue weighted by molar-refractivity contribution is -0.149. The molecule has 1 unspecified atom stereocenters. The SMILES string of the molecule is COC(=O)C(N)(COc1cc(C)ccc1C(C)C)C1CC1. The van der Waals surface area contributed by atoms with Gasteiger partial charge in [-0.3, -0.25) is 0 Å². The van der Waals surface area contributed by atoms with Gasteiger partial charge in [0.15, 0.2) is 5.54 Å². The van der Waals surface area contributed by atoms with Crippen LogP contribution in [0.3, 0.4) is 0 Å². The molecule has 116 valence electrons. The first kappa shape index (κ1) is 15.8. The number of carbonyl (C=O) groups is 1. The van der Waals surface area contributed by atoms with E-state index in [0.29, 0.717) is 5.92 Å². The van der Waals surface area contributed by atoms with Crippen LogP contribution in [0.4, 0.5) is 0 Å². The Morgan fingerprint density at radius 1 is 1.43 bits per heavy atom. The molecule has 0 spiro atoms. The van der Waals surface area contributed by atoms with Gasteiger partial charge in [0.05, 0.1) is 7.11 Å². The molecule has 0 bridgehead atoms. The van der Waals surface area contributed by atoms with Crippen LogP contribution in [-0.4, -0.2) is 25.2 Å². The third-order valence-corrected chi connectivity index (χ3v) is 4.13. The van der Waals surface area contributed by atoms with Crippen LogP contribution in [-0.2, 0) is 9.53 Å². The zero-order valence-corrected chi connectivity index (χ0v) is 13.3. The van der Waals surface area contributed by atoms with Gasteiger partial charge in [0.2, 0.25) is 0 Å². The third-order valence-electron chi connectivity index (χ3n) is 4.13. The minimum absolute atomic E-state index is 0.160. The van der Waals surface area contributed by atoms with Crippen molar-refractivity contribution in [2.45, 2.75) is 45.1 Å². The lowest BCUT2D eigenvalue weighted by Gasteiger charge is -2.27. The first-order valence-electron chi connectivity index (χ1n) is 7.49. The fourth-order valence-corrected chi connectivity index (χ4v) is 2.57. The predicted octanol–water partition coefficient (Wildman–Crippen LogP) is 2.78. The summed E-state index contributed by atoms with van der Waals surface area (Å²) < 4.78 is 10.8. The zero-order valence-electron chi connectivity index (χ0n) is 13.3. The standard InChI is InChI=1S/C17H25NO3/c1-11(2)14-8-5-12(3)9-15(14)21-10-17(18,13-6-7-13)16(19)20-4/h5,8-9,11,13H,6-7,10,18H2,1-4H3. The Labute approximate surface area is 126 Å². The highest BCUT2D eigenvalue weighted by molar-refractivity contribution is 5.81. The largest absolute Gasteiger partial charge is 0.491 e. The van der Waals surface area contributed by atoms with E-state index in [-0.39, 0.29) is 18.5 Å². The lowest BCUT2D eigenvalue weighted by Crippen LogP contribution is -2.55. The molecule has 1 aromatic rings. The first-order valence-corrected chi connectivity index (χ1v) is 7.49. The summed E-state index contributed by atoms with van der Waals surface area (Å²) in [4.78, 5) is 12.0. The highest BCUT2D eigenvalue weighted by atomic mass is 16.5. The smallest absolute Gasteiger partial charge is 0.329 e. The van der Waals surface area contributed by atoms with Gasteiger partial charge in [-0.1, -0.05) is 26.0 Å². The number of nitrogens with two attached hydrogens (primary N) is 1. The van der Waals surface area contributed by atoms with Crippen LogP contribution in [0, 0.1) is 12.8 Å². The Morgan fingerprint density at radius 3 is 2.62 bits per heavy atom. The second-order valence-corrected chi connectivity index (χ2v) is 6.29. The van der Waals surface area contributed by atoms with Crippen molar-refractivity contribution in [3.8, 4) is 5.75 Å². The van der Waals surface area contributed by atoms with E-state index in [2.05, 4.69) is 26.0 Å². The average molecular weight is 291 g/mol. The molecule has 1 aliphatic rings. The van der Waals surface area contributed by atoms with E-state index in [4.69, 9.17) is 15.2 Å². The Balaban J connectivity index is 2.18. The first-order chi connectivity index (χ1) is 9.88. The molecular weight excluding hydrogens is 266 g/mol. The van der Waals surface area contributed by atoms with Crippen LogP contribution in [0.2, 0.25) is 0 Å². The molecule has 0 saturated heterocycles. The van der Waals surface area contributed by atoms with Gasteiger partial charge in [-0.15, -0.1) is 0 Å². The summed E-state index contributed by atoms with van der Waals surface area (Å²) in [6, 6.07) is 6.14. The van der Waals surface area contributed by atoms with Crippen molar-refractivity contribution in [3.63, 3.8) is 0 Å². The number of hydrogen-bond donors (Lipinski definition) is 1. The number of methoxy groups -OCH3 is 1. The van der Waals surface area contributed by atoms with Crippen molar-refractivity contribution >= 4 is 5.97 Å². The highest BCUT2D eigenvalue weighted by Gasteiger charge is 2.50. The highest BCUT2D eigenvalue weighted by Crippen LogP contribution is 2.39. The molecule has 0 aromatic heterocycles. The summed E-state index contributed by atoms with van der Waals surface area (Å²) in [6.07, 6.45) is 1.92. The molecule has 4 nitrogen and oxygen atoms in total. The van der Waals surface area contributed by atoms with E-state index < -0.39 is 5.54 Å². The molecule has 21 heavy (non-hydrogen) atoms. The minimum Gasteiger partial charge on any atom is -0.491 e. The molecule has 0 amide bonds. The van der Waals surface area contributed by atoms with Crippen molar-refractivity contribution in [2.75, 3.05) is 13.7 Å². The number of rotatable bonds is 6. The maximum Gasteiger partial charge on any atom is 0.329 e. The van der Waals surface area contributed by atoms with E-state index in [1.807, 2.05) is 13.0 Å². The Kier molecular flexibility index (Phi) is 4.57. The van der Waals surface area contributed by atoms with Crippen LogP contribution in [0.25, 0.3) is 0 Å². The monoisotopic (exact) mass is 291 g/mol. The Hall–Kier alpha value is -1.55. The maximum absolute atomic E-state index is 12.0. The van der Waals surface area contributed by atoms with Gasteiger partial charge >= 0.3 is 5.97 Å². The number of hydrogen-bond acceptors (Lipinski definition) is 4. The number of carbonyl (C=O) groups excluding carboxylic acids is 1. The second kappa shape index (κ2) is 6.06. The summed E-state index contributed by atoms with van der Waals surface area (Å²) in [5.74, 6) is 0.942. The quantitative estimate of drug-likeness (QED) is 0.819. The molecule has 2 rings (SSSR count). The van der Waals surface area contributed by atoms with Gasteiger partial charge in [0.25, 0.3) is 0 Å². The molecular formula is C17H25NO3. The molecule has 1 atom stereocenters. The van der Waals surface area contributed by atoms with Gasteiger partial charge < -0.3 is 15.2 Å². The topological polar surface area (TPSA) is 61.5 Å². The average Bonchev–Trinajstić information content (AvgIpc) is 3.28. The van der Waals surface area contributed by atoms with Gasteiger partial charge in [-0.2, -0.15) is 0 Å². The zero-order chi connectivity index (χ0) is 15.6. The minimum atomic E-state index is -1.03. The van der Waals surface area contributed by atoms with Crippen molar-refractivity contribution in [2.24, 2.45) is 11.7 Å². The maximum atomic E-state index is 12.0. The molecule has 1 aromatic carbocycles. The van der Waals surface area contributed by atoms with Crippen molar-refractivity contribution in [1.82, 2.24) is 0 Å². The van der Waals surface area contributed by atoms with E-state index in [0.717, 1.165) is 29.7 Å². The van der Waals surface area contributed by atoms with E-state index in [1.165, 1.54) is 7.11 Å². The molecule has 1 saturated carbocycles. The van der Waals surface area contributed by atoms with Crippen LogP contribution >= 0.6 is 0 Å². The fourth-order valence-electron chi connectivity index (χ4n) is 2.57. The van der Waals surface area contributed by atoms with Gasteiger partial charge in [-0.25, -0.2) is 4.79 Å². The van der Waals surface area contributed by atoms with Gasteiger partial charge in [0, 0.05) is 0 Å². The summed E-state index contributed by atoms with van der Waals surface area (Å²) in [5.41, 5.74) is 7.49.